The summed E-state index contributed by atoms with van der Waals surface area (Å²) in [6.07, 6.45) is 2.27. The number of likely N-dealkylation sites (tertiary alicyclic amines) is 1. The largest absolute Gasteiger partial charge is 0.336 e. The van der Waals surface area contributed by atoms with Gasteiger partial charge < -0.3 is 4.90 Å². The van der Waals surface area contributed by atoms with E-state index < -0.39 is 0 Å². The number of carbonyl (C=O) groups excluding carboxylic acids is 1. The van der Waals surface area contributed by atoms with Crippen LogP contribution < -0.4 is 0 Å². The van der Waals surface area contributed by atoms with Crippen molar-refractivity contribution in [2.75, 3.05) is 6.54 Å². The smallest absolute Gasteiger partial charge is 0.219 e. The Morgan fingerprint density at radius 2 is 2.07 bits per heavy atom. The van der Waals surface area contributed by atoms with Crippen LogP contribution in [0.1, 0.15) is 42.9 Å². The van der Waals surface area contributed by atoms with Gasteiger partial charge in [0, 0.05) is 13.5 Å². The minimum atomic E-state index is 0.218. The second-order valence-corrected chi connectivity index (χ2v) is 4.58. The monoisotopic (exact) mass is 201 g/mol. The summed E-state index contributed by atoms with van der Waals surface area (Å²) in [4.78, 5) is 13.6. The molecule has 2 atom stereocenters. The molecule has 1 fully saturated rings. The van der Waals surface area contributed by atoms with E-state index in [0.29, 0.717) is 12.0 Å². The Bertz CT molecular complexity index is 413. The fourth-order valence-corrected chi connectivity index (χ4v) is 3.11. The van der Waals surface area contributed by atoms with Crippen LogP contribution in [0.2, 0.25) is 0 Å². The topological polar surface area (TPSA) is 20.3 Å². The molecule has 1 saturated heterocycles. The molecule has 2 heteroatoms. The summed E-state index contributed by atoms with van der Waals surface area (Å²) < 4.78 is 0. The van der Waals surface area contributed by atoms with Gasteiger partial charge in [-0.2, -0.15) is 0 Å². The van der Waals surface area contributed by atoms with Gasteiger partial charge in [0.25, 0.3) is 0 Å². The minimum absolute atomic E-state index is 0.218. The predicted octanol–water partition coefficient (Wildman–Crippen LogP) is 2.47. The molecule has 1 heterocycles. The second kappa shape index (κ2) is 3.09. The van der Waals surface area contributed by atoms with Crippen molar-refractivity contribution in [3.8, 4) is 0 Å². The van der Waals surface area contributed by atoms with Crippen LogP contribution in [-0.4, -0.2) is 17.4 Å². The van der Waals surface area contributed by atoms with Gasteiger partial charge in [-0.3, -0.25) is 4.79 Å². The Kier molecular flexibility index (Phi) is 1.84. The number of rotatable bonds is 0. The van der Waals surface area contributed by atoms with Gasteiger partial charge in [0.05, 0.1) is 6.04 Å². The van der Waals surface area contributed by atoms with Crippen molar-refractivity contribution in [1.82, 2.24) is 4.90 Å². The van der Waals surface area contributed by atoms with Crippen LogP contribution in [0.3, 0.4) is 0 Å². The fraction of sp³-hybridized carbons (Fsp3) is 0.462. The number of carbonyl (C=O) groups is 1. The van der Waals surface area contributed by atoms with Gasteiger partial charge in [-0.25, -0.2) is 0 Å². The third kappa shape index (κ3) is 1.21. The van der Waals surface area contributed by atoms with Gasteiger partial charge in [-0.1, -0.05) is 24.3 Å². The number of hydrogen-bond donors (Lipinski definition) is 0. The number of piperidine rings is 1. The molecule has 0 N–H and O–H groups in total. The molecule has 3 rings (SSSR count). The van der Waals surface area contributed by atoms with Crippen molar-refractivity contribution in [1.29, 1.82) is 0 Å². The number of fused-ring (bicyclic) bond motifs is 5. The Morgan fingerprint density at radius 3 is 2.80 bits per heavy atom. The molecule has 1 aromatic rings. The molecular weight excluding hydrogens is 186 g/mol. The zero-order valence-corrected chi connectivity index (χ0v) is 8.94. The zero-order valence-electron chi connectivity index (χ0n) is 8.94. The van der Waals surface area contributed by atoms with E-state index in [9.17, 15) is 4.79 Å². The third-order valence-corrected chi connectivity index (χ3v) is 3.80. The molecule has 0 spiro atoms. The Balaban J connectivity index is 2.06. The molecule has 2 bridgehead atoms. The van der Waals surface area contributed by atoms with Crippen molar-refractivity contribution < 1.29 is 4.79 Å². The van der Waals surface area contributed by atoms with Crippen LogP contribution >= 0.6 is 0 Å². The molecule has 78 valence electrons. The van der Waals surface area contributed by atoms with E-state index in [1.54, 1.807) is 6.92 Å². The lowest BCUT2D eigenvalue weighted by molar-refractivity contribution is -0.132. The number of nitrogens with zero attached hydrogens (tertiary/aromatic N) is 1. The summed E-state index contributed by atoms with van der Waals surface area (Å²) in [6, 6.07) is 8.96. The second-order valence-electron chi connectivity index (χ2n) is 4.58. The molecule has 1 aromatic carbocycles. The fourth-order valence-electron chi connectivity index (χ4n) is 3.11. The van der Waals surface area contributed by atoms with Gasteiger partial charge in [0.15, 0.2) is 0 Å². The van der Waals surface area contributed by atoms with E-state index in [1.165, 1.54) is 11.1 Å². The van der Waals surface area contributed by atoms with Crippen molar-refractivity contribution >= 4 is 5.91 Å². The zero-order chi connectivity index (χ0) is 10.4. The highest BCUT2D eigenvalue weighted by Crippen LogP contribution is 2.48. The van der Waals surface area contributed by atoms with E-state index in [4.69, 9.17) is 0 Å². The first kappa shape index (κ1) is 8.96. The summed E-state index contributed by atoms with van der Waals surface area (Å²) in [5.74, 6) is 0.914. The minimum Gasteiger partial charge on any atom is -0.336 e. The lowest BCUT2D eigenvalue weighted by Gasteiger charge is -2.32. The van der Waals surface area contributed by atoms with E-state index in [2.05, 4.69) is 24.3 Å². The Hall–Kier alpha value is -1.31. The highest BCUT2D eigenvalue weighted by molar-refractivity contribution is 5.74. The average molecular weight is 201 g/mol. The molecule has 0 saturated carbocycles. The standard InChI is InChI=1S/C13H15NO/c1-9(15)14-7-6-10-8-13(14)12-5-3-2-4-11(10)12/h2-5,10,13H,6-8H2,1H3. The molecule has 1 aliphatic carbocycles. The highest BCUT2D eigenvalue weighted by atomic mass is 16.2. The normalized spacial score (nSPS) is 27.7. The Morgan fingerprint density at radius 1 is 1.33 bits per heavy atom. The lowest BCUT2D eigenvalue weighted by Crippen LogP contribution is -2.35. The van der Waals surface area contributed by atoms with Crippen LogP contribution in [0.15, 0.2) is 24.3 Å². The van der Waals surface area contributed by atoms with Gasteiger partial charge >= 0.3 is 0 Å². The molecule has 2 nitrogen and oxygen atoms in total. The number of benzene rings is 1. The predicted molar refractivity (Wildman–Crippen MR) is 58.5 cm³/mol. The van der Waals surface area contributed by atoms with E-state index in [1.807, 2.05) is 4.90 Å². The maximum Gasteiger partial charge on any atom is 0.219 e. The van der Waals surface area contributed by atoms with Gasteiger partial charge in [0.2, 0.25) is 5.91 Å². The van der Waals surface area contributed by atoms with Crippen molar-refractivity contribution in [3.63, 3.8) is 0 Å². The van der Waals surface area contributed by atoms with Crippen LogP contribution in [0.25, 0.3) is 0 Å². The van der Waals surface area contributed by atoms with Crippen molar-refractivity contribution in [3.05, 3.63) is 35.4 Å². The maximum atomic E-state index is 11.5. The molecule has 15 heavy (non-hydrogen) atoms. The SMILES string of the molecule is CC(=O)N1CCC2CC1c1ccccc12. The first-order valence-corrected chi connectivity index (χ1v) is 5.63. The summed E-state index contributed by atoms with van der Waals surface area (Å²) in [5, 5.41) is 0. The third-order valence-electron chi connectivity index (χ3n) is 3.80. The summed E-state index contributed by atoms with van der Waals surface area (Å²) in [7, 11) is 0. The maximum absolute atomic E-state index is 11.5. The van der Waals surface area contributed by atoms with Gasteiger partial charge in [-0.05, 0) is 29.9 Å². The molecule has 0 aromatic heterocycles. The van der Waals surface area contributed by atoms with Gasteiger partial charge in [-0.15, -0.1) is 0 Å². The number of hydrogen-bond acceptors (Lipinski definition) is 1. The molecular formula is C13H15NO. The molecule has 2 aliphatic rings. The summed E-state index contributed by atoms with van der Waals surface area (Å²) in [6.45, 7) is 2.61. The first-order valence-electron chi connectivity index (χ1n) is 5.63. The van der Waals surface area contributed by atoms with Crippen molar-refractivity contribution in [2.24, 2.45) is 0 Å². The van der Waals surface area contributed by atoms with Crippen molar-refractivity contribution in [2.45, 2.75) is 31.7 Å². The van der Waals surface area contributed by atoms with Crippen LogP contribution in [0, 0.1) is 0 Å². The van der Waals surface area contributed by atoms with E-state index in [-0.39, 0.29) is 5.91 Å². The van der Waals surface area contributed by atoms with Crippen LogP contribution in [0.4, 0.5) is 0 Å². The average Bonchev–Trinajstić information content (AvgIpc) is 2.54. The van der Waals surface area contributed by atoms with E-state index in [0.717, 1.165) is 19.4 Å². The van der Waals surface area contributed by atoms with Crippen LogP contribution in [0.5, 0.6) is 0 Å². The molecule has 1 aliphatic heterocycles. The highest BCUT2D eigenvalue weighted by Gasteiger charge is 2.39. The molecule has 1 amide bonds. The molecule has 2 unspecified atom stereocenters. The quantitative estimate of drug-likeness (QED) is 0.631. The number of amides is 1. The Labute approximate surface area is 89.9 Å². The van der Waals surface area contributed by atoms with Gasteiger partial charge in [0.1, 0.15) is 0 Å². The van der Waals surface area contributed by atoms with Crippen LogP contribution in [-0.2, 0) is 4.79 Å². The summed E-state index contributed by atoms with van der Waals surface area (Å²) >= 11 is 0. The molecule has 0 radical (unpaired) electrons. The summed E-state index contributed by atoms with van der Waals surface area (Å²) in [5.41, 5.74) is 2.86. The van der Waals surface area contributed by atoms with E-state index >= 15 is 0 Å². The lowest BCUT2D eigenvalue weighted by atomic mass is 9.95. The first-order chi connectivity index (χ1) is 7.27.